The summed E-state index contributed by atoms with van der Waals surface area (Å²) in [6.07, 6.45) is 0. The molecule has 0 aliphatic carbocycles. The first-order valence-corrected chi connectivity index (χ1v) is 6.84. The standard InChI is InChI=1S/C9H11ClO3S2/c1-13-9-3-2-7(6-8(9)10)15(11,12)5-4-14/h2-3,6,14H,4-5H2,1H3. The summed E-state index contributed by atoms with van der Waals surface area (Å²) in [4.78, 5) is 0.197. The number of benzene rings is 1. The summed E-state index contributed by atoms with van der Waals surface area (Å²) in [6.45, 7) is 0. The molecule has 0 radical (unpaired) electrons. The largest absolute Gasteiger partial charge is 0.495 e. The van der Waals surface area contributed by atoms with Gasteiger partial charge >= 0.3 is 0 Å². The van der Waals surface area contributed by atoms with E-state index in [1.54, 1.807) is 0 Å². The van der Waals surface area contributed by atoms with Crippen LogP contribution < -0.4 is 4.74 Å². The molecule has 0 saturated heterocycles. The number of ether oxygens (including phenoxy) is 1. The van der Waals surface area contributed by atoms with Crippen molar-refractivity contribution in [3.8, 4) is 5.75 Å². The maximum atomic E-state index is 11.6. The monoisotopic (exact) mass is 266 g/mol. The topological polar surface area (TPSA) is 43.4 Å². The van der Waals surface area contributed by atoms with Crippen molar-refractivity contribution in [2.24, 2.45) is 0 Å². The van der Waals surface area contributed by atoms with Crippen molar-refractivity contribution >= 4 is 34.1 Å². The molecule has 0 bridgehead atoms. The molecule has 1 rings (SSSR count). The van der Waals surface area contributed by atoms with E-state index >= 15 is 0 Å². The Bertz CT molecular complexity index is 443. The lowest BCUT2D eigenvalue weighted by Crippen LogP contribution is -2.07. The molecule has 0 aliphatic heterocycles. The Kier molecular flexibility index (Phi) is 4.31. The summed E-state index contributed by atoms with van der Waals surface area (Å²) in [5.74, 6) is 0.742. The molecule has 1 aromatic rings. The second kappa shape index (κ2) is 5.09. The normalized spacial score (nSPS) is 11.4. The predicted molar refractivity (Wildman–Crippen MR) is 63.9 cm³/mol. The third-order valence-electron chi connectivity index (χ3n) is 1.84. The molecule has 1 aromatic carbocycles. The molecule has 0 aromatic heterocycles. The van der Waals surface area contributed by atoms with E-state index in [-0.39, 0.29) is 21.4 Å². The Balaban J connectivity index is 3.13. The summed E-state index contributed by atoms with van der Waals surface area (Å²) in [6, 6.07) is 4.40. The fraction of sp³-hybridized carbons (Fsp3) is 0.333. The molecule has 84 valence electrons. The first kappa shape index (κ1) is 12.7. The van der Waals surface area contributed by atoms with Gasteiger partial charge in [-0.05, 0) is 18.2 Å². The summed E-state index contributed by atoms with van der Waals surface area (Å²) in [7, 11) is -1.80. The number of rotatable bonds is 4. The van der Waals surface area contributed by atoms with E-state index in [2.05, 4.69) is 12.6 Å². The van der Waals surface area contributed by atoms with Gasteiger partial charge in [0.2, 0.25) is 0 Å². The Hall–Kier alpha value is -0.390. The Labute approximate surface area is 99.7 Å². The van der Waals surface area contributed by atoms with Crippen molar-refractivity contribution in [2.45, 2.75) is 4.90 Å². The van der Waals surface area contributed by atoms with Crippen molar-refractivity contribution in [1.82, 2.24) is 0 Å². The minimum absolute atomic E-state index is 0.00122. The van der Waals surface area contributed by atoms with Crippen LogP contribution in [0.25, 0.3) is 0 Å². The van der Waals surface area contributed by atoms with Gasteiger partial charge in [-0.3, -0.25) is 0 Å². The smallest absolute Gasteiger partial charge is 0.179 e. The highest BCUT2D eigenvalue weighted by Crippen LogP contribution is 2.27. The van der Waals surface area contributed by atoms with Crippen LogP contribution in [-0.4, -0.2) is 27.0 Å². The Morgan fingerprint density at radius 2 is 2.13 bits per heavy atom. The summed E-state index contributed by atoms with van der Waals surface area (Å²) in [5.41, 5.74) is 0. The molecular formula is C9H11ClO3S2. The van der Waals surface area contributed by atoms with Crippen LogP contribution in [0.3, 0.4) is 0 Å². The second-order valence-electron chi connectivity index (χ2n) is 2.84. The molecule has 0 unspecified atom stereocenters. The quantitative estimate of drug-likeness (QED) is 0.849. The number of thiol groups is 1. The van der Waals surface area contributed by atoms with Crippen molar-refractivity contribution < 1.29 is 13.2 Å². The number of sulfone groups is 1. The second-order valence-corrected chi connectivity index (χ2v) is 5.80. The van der Waals surface area contributed by atoms with Crippen LogP contribution in [0.4, 0.5) is 0 Å². The minimum atomic E-state index is -3.27. The first-order valence-electron chi connectivity index (χ1n) is 4.18. The predicted octanol–water partition coefficient (Wildman–Crippen LogP) is 2.05. The third kappa shape index (κ3) is 3.03. The van der Waals surface area contributed by atoms with E-state index in [4.69, 9.17) is 16.3 Å². The lowest BCUT2D eigenvalue weighted by Gasteiger charge is -2.06. The van der Waals surface area contributed by atoms with Gasteiger partial charge in [0.15, 0.2) is 9.84 Å². The molecule has 0 fully saturated rings. The number of hydrogen-bond donors (Lipinski definition) is 1. The van der Waals surface area contributed by atoms with Crippen LogP contribution in [0.5, 0.6) is 5.75 Å². The zero-order valence-electron chi connectivity index (χ0n) is 8.10. The van der Waals surface area contributed by atoms with Gasteiger partial charge in [-0.1, -0.05) is 11.6 Å². The maximum absolute atomic E-state index is 11.6. The number of hydrogen-bond acceptors (Lipinski definition) is 4. The molecular weight excluding hydrogens is 256 g/mol. The van der Waals surface area contributed by atoms with E-state index in [9.17, 15) is 8.42 Å². The Morgan fingerprint density at radius 3 is 2.60 bits per heavy atom. The molecule has 6 heteroatoms. The molecule has 0 aliphatic rings. The maximum Gasteiger partial charge on any atom is 0.179 e. The first-order chi connectivity index (χ1) is 7.01. The van der Waals surface area contributed by atoms with Gasteiger partial charge in [-0.15, -0.1) is 0 Å². The summed E-state index contributed by atoms with van der Waals surface area (Å²) >= 11 is 9.72. The van der Waals surface area contributed by atoms with E-state index in [1.807, 2.05) is 0 Å². The van der Waals surface area contributed by atoms with Crippen LogP contribution in [0.2, 0.25) is 5.02 Å². The van der Waals surface area contributed by atoms with E-state index in [1.165, 1.54) is 25.3 Å². The van der Waals surface area contributed by atoms with Gasteiger partial charge in [0.05, 0.1) is 22.8 Å². The minimum Gasteiger partial charge on any atom is -0.495 e. The highest BCUT2D eigenvalue weighted by atomic mass is 35.5. The molecule has 0 spiro atoms. The van der Waals surface area contributed by atoms with E-state index in [0.29, 0.717) is 5.75 Å². The van der Waals surface area contributed by atoms with Crippen LogP contribution in [0.15, 0.2) is 23.1 Å². The SMILES string of the molecule is COc1ccc(S(=O)(=O)CCS)cc1Cl. The van der Waals surface area contributed by atoms with E-state index < -0.39 is 9.84 Å². The van der Waals surface area contributed by atoms with Crippen molar-refractivity contribution in [3.05, 3.63) is 23.2 Å². The fourth-order valence-electron chi connectivity index (χ4n) is 1.08. The van der Waals surface area contributed by atoms with Gasteiger partial charge in [-0.2, -0.15) is 12.6 Å². The molecule has 0 N–H and O–H groups in total. The van der Waals surface area contributed by atoms with Crippen molar-refractivity contribution in [1.29, 1.82) is 0 Å². The fourth-order valence-corrected chi connectivity index (χ4v) is 3.17. The zero-order chi connectivity index (χ0) is 11.5. The molecule has 0 amide bonds. The van der Waals surface area contributed by atoms with Crippen LogP contribution in [-0.2, 0) is 9.84 Å². The van der Waals surface area contributed by atoms with Gasteiger partial charge in [0, 0.05) is 5.75 Å². The average molecular weight is 267 g/mol. The van der Waals surface area contributed by atoms with Gasteiger partial charge in [0.25, 0.3) is 0 Å². The van der Waals surface area contributed by atoms with Gasteiger partial charge in [-0.25, -0.2) is 8.42 Å². The lowest BCUT2D eigenvalue weighted by atomic mass is 10.3. The van der Waals surface area contributed by atoms with Gasteiger partial charge < -0.3 is 4.74 Å². The summed E-state index contributed by atoms with van der Waals surface area (Å²) < 4.78 is 28.2. The lowest BCUT2D eigenvalue weighted by molar-refractivity contribution is 0.414. The highest BCUT2D eigenvalue weighted by Gasteiger charge is 2.14. The number of halogens is 1. The van der Waals surface area contributed by atoms with Crippen molar-refractivity contribution in [2.75, 3.05) is 18.6 Å². The molecule has 0 heterocycles. The highest BCUT2D eigenvalue weighted by molar-refractivity contribution is 7.92. The molecule has 0 saturated carbocycles. The third-order valence-corrected chi connectivity index (χ3v) is 4.38. The summed E-state index contributed by atoms with van der Waals surface area (Å²) in [5, 5.41) is 0.290. The molecule has 3 nitrogen and oxygen atoms in total. The molecule has 15 heavy (non-hydrogen) atoms. The van der Waals surface area contributed by atoms with Crippen molar-refractivity contribution in [3.63, 3.8) is 0 Å². The number of methoxy groups -OCH3 is 1. The Morgan fingerprint density at radius 1 is 1.47 bits per heavy atom. The van der Waals surface area contributed by atoms with Crippen LogP contribution in [0, 0.1) is 0 Å². The molecule has 0 atom stereocenters. The van der Waals surface area contributed by atoms with Crippen LogP contribution >= 0.6 is 24.2 Å². The van der Waals surface area contributed by atoms with Gasteiger partial charge in [0.1, 0.15) is 5.75 Å². The zero-order valence-corrected chi connectivity index (χ0v) is 10.6. The van der Waals surface area contributed by atoms with Crippen LogP contribution in [0.1, 0.15) is 0 Å². The van der Waals surface area contributed by atoms with E-state index in [0.717, 1.165) is 0 Å². The average Bonchev–Trinajstić information content (AvgIpc) is 2.17.